The van der Waals surface area contributed by atoms with Crippen LogP contribution in [0.2, 0.25) is 0 Å². The number of hydrogen-bond acceptors (Lipinski definition) is 6. The molecule has 1 aromatic carbocycles. The number of phosphoric ester groups is 1. The average Bonchev–Trinajstić information content (AvgIpc) is 2.93. The van der Waals surface area contributed by atoms with Gasteiger partial charge in [-0.2, -0.15) is 0 Å². The fraction of sp³-hybridized carbons (Fsp3) is 0.788. The lowest BCUT2D eigenvalue weighted by Crippen LogP contribution is -2.18. The molecule has 1 rings (SSSR count). The minimum absolute atomic E-state index is 0.00583. The van der Waals surface area contributed by atoms with Crippen LogP contribution in [0.5, 0.6) is 5.75 Å². The maximum absolute atomic E-state index is 12.4. The van der Waals surface area contributed by atoms with Crippen molar-refractivity contribution < 1.29 is 28.0 Å². The molecule has 0 spiro atoms. The number of carbonyl (C=O) groups is 1. The highest BCUT2D eigenvalue weighted by Gasteiger charge is 2.24. The molecule has 2 unspecified atom stereocenters. The molecule has 8 heteroatoms. The van der Waals surface area contributed by atoms with Crippen LogP contribution < -0.4 is 4.74 Å². The molecular formula is C33H60NO6P. The van der Waals surface area contributed by atoms with Crippen LogP contribution in [-0.2, 0) is 24.8 Å². The second-order valence-corrected chi connectivity index (χ2v) is 13.2. The zero-order chi connectivity index (χ0) is 30.2. The number of ether oxygens (including phenoxy) is 1. The molecule has 0 aliphatic carbocycles. The number of phosphoric acid groups is 1. The van der Waals surface area contributed by atoms with Crippen molar-refractivity contribution in [1.29, 1.82) is 0 Å². The Morgan fingerprint density at radius 3 is 1.95 bits per heavy atom. The van der Waals surface area contributed by atoms with Crippen molar-refractivity contribution in [1.82, 2.24) is 4.90 Å². The van der Waals surface area contributed by atoms with Crippen molar-refractivity contribution in [2.45, 2.75) is 123 Å². The number of carbonyl (C=O) groups excluding carboxylic acids is 1. The topological polar surface area (TPSA) is 85.3 Å². The van der Waals surface area contributed by atoms with Gasteiger partial charge in [0.05, 0.1) is 19.8 Å². The Kier molecular flexibility index (Phi) is 22.3. The minimum atomic E-state index is -4.16. The van der Waals surface area contributed by atoms with Gasteiger partial charge in [0, 0.05) is 12.8 Å². The summed E-state index contributed by atoms with van der Waals surface area (Å²) in [5.41, 5.74) is 1.04. The molecule has 0 heterocycles. The lowest BCUT2D eigenvalue weighted by Gasteiger charge is -2.19. The molecule has 0 fully saturated rings. The van der Waals surface area contributed by atoms with E-state index in [0.29, 0.717) is 25.7 Å². The Labute approximate surface area is 251 Å². The normalized spacial score (nSPS) is 13.8. The summed E-state index contributed by atoms with van der Waals surface area (Å²) < 4.78 is 28.7. The fourth-order valence-electron chi connectivity index (χ4n) is 4.88. The molecule has 2 atom stereocenters. The van der Waals surface area contributed by atoms with Gasteiger partial charge in [0.25, 0.3) is 0 Å². The van der Waals surface area contributed by atoms with Crippen molar-refractivity contribution in [3.05, 3.63) is 29.8 Å². The van der Waals surface area contributed by atoms with Crippen LogP contribution in [0, 0.1) is 5.92 Å². The summed E-state index contributed by atoms with van der Waals surface area (Å²) in [4.78, 5) is 24.4. The molecule has 0 saturated carbocycles. The predicted octanol–water partition coefficient (Wildman–Crippen LogP) is 8.77. The van der Waals surface area contributed by atoms with Crippen molar-refractivity contribution in [2.75, 3.05) is 40.5 Å². The molecule has 1 aromatic rings. The maximum atomic E-state index is 12.4. The van der Waals surface area contributed by atoms with Gasteiger partial charge < -0.3 is 14.5 Å². The maximum Gasteiger partial charge on any atom is 0.472 e. The van der Waals surface area contributed by atoms with Crippen LogP contribution >= 0.6 is 7.82 Å². The third-order valence-corrected chi connectivity index (χ3v) is 8.22. The van der Waals surface area contributed by atoms with Gasteiger partial charge in [-0.15, -0.1) is 0 Å². The summed E-state index contributed by atoms with van der Waals surface area (Å²) in [7, 11) is -0.289. The van der Waals surface area contributed by atoms with Gasteiger partial charge in [0.15, 0.2) is 0 Å². The number of hydrogen-bond donors (Lipinski definition) is 1. The van der Waals surface area contributed by atoms with E-state index < -0.39 is 7.82 Å². The number of benzene rings is 1. The van der Waals surface area contributed by atoms with Gasteiger partial charge in [-0.1, -0.05) is 96.6 Å². The number of unbranched alkanes of at least 4 members (excludes halogenated alkanes) is 11. The zero-order valence-corrected chi connectivity index (χ0v) is 27.5. The Morgan fingerprint density at radius 2 is 1.39 bits per heavy atom. The van der Waals surface area contributed by atoms with E-state index in [4.69, 9.17) is 13.8 Å². The number of Topliss-reactive ketones (excluding diaryl/α,β-unsaturated/α-hetero) is 1. The first-order chi connectivity index (χ1) is 19.8. The van der Waals surface area contributed by atoms with Gasteiger partial charge >= 0.3 is 7.82 Å². The highest BCUT2D eigenvalue weighted by molar-refractivity contribution is 7.47. The summed E-state index contributed by atoms with van der Waals surface area (Å²) in [5.74, 6) is 0.786. The standard InChI is InChI=1S/C33H60NO6P/c1-5-7-8-9-10-11-12-13-14-15-16-17-25-38-33-22-20-30(21-23-33)27-31(28-32(35)19-6-2)29-40-41(36,37)39-26-18-24-34(3)4/h20-23,31H,5-19,24-29H2,1-4H3,(H,36,37). The van der Waals surface area contributed by atoms with Gasteiger partial charge in [-0.05, 0) is 69.9 Å². The molecule has 0 radical (unpaired) electrons. The van der Waals surface area contributed by atoms with E-state index in [-0.39, 0.29) is 24.9 Å². The Balaban J connectivity index is 2.35. The number of nitrogens with zero attached hydrogens (tertiary/aromatic N) is 1. The van der Waals surface area contributed by atoms with E-state index in [0.717, 1.165) is 37.3 Å². The fourth-order valence-corrected chi connectivity index (χ4v) is 5.71. The highest BCUT2D eigenvalue weighted by atomic mass is 31.2. The SMILES string of the molecule is CCCCCCCCCCCCCCOc1ccc(CC(COP(=O)(O)OCCCN(C)C)CC(=O)CCC)cc1. The van der Waals surface area contributed by atoms with Crippen LogP contribution in [0.25, 0.3) is 0 Å². The van der Waals surface area contributed by atoms with Gasteiger partial charge in [0.2, 0.25) is 0 Å². The predicted molar refractivity (Wildman–Crippen MR) is 170 cm³/mol. The second-order valence-electron chi connectivity index (χ2n) is 11.7. The van der Waals surface area contributed by atoms with Crippen molar-refractivity contribution >= 4 is 13.6 Å². The zero-order valence-electron chi connectivity index (χ0n) is 26.6. The third kappa shape index (κ3) is 22.0. The van der Waals surface area contributed by atoms with Gasteiger partial charge in [-0.3, -0.25) is 13.8 Å². The second kappa shape index (κ2) is 24.2. The van der Waals surface area contributed by atoms with E-state index in [1.54, 1.807) is 0 Å². The van der Waals surface area contributed by atoms with Crippen molar-refractivity contribution in [2.24, 2.45) is 5.92 Å². The number of rotatable bonds is 28. The lowest BCUT2D eigenvalue weighted by atomic mass is 9.94. The van der Waals surface area contributed by atoms with E-state index in [9.17, 15) is 14.3 Å². The van der Waals surface area contributed by atoms with E-state index in [1.165, 1.54) is 70.6 Å². The summed E-state index contributed by atoms with van der Waals surface area (Å²) in [6.07, 6.45) is 18.7. The first-order valence-electron chi connectivity index (χ1n) is 16.3. The molecule has 0 bridgehead atoms. The van der Waals surface area contributed by atoms with Crippen LogP contribution in [0.4, 0.5) is 0 Å². The number of ketones is 1. The molecule has 7 nitrogen and oxygen atoms in total. The van der Waals surface area contributed by atoms with Crippen LogP contribution in [0.1, 0.15) is 122 Å². The van der Waals surface area contributed by atoms with Crippen LogP contribution in [-0.4, -0.2) is 56.0 Å². The van der Waals surface area contributed by atoms with Crippen molar-refractivity contribution in [3.63, 3.8) is 0 Å². The first-order valence-corrected chi connectivity index (χ1v) is 17.7. The Hall–Kier alpha value is -1.24. The van der Waals surface area contributed by atoms with E-state index in [1.807, 2.05) is 50.2 Å². The smallest absolute Gasteiger partial charge is 0.472 e. The molecule has 0 aliphatic heterocycles. The van der Waals surface area contributed by atoms with Gasteiger partial charge in [0.1, 0.15) is 11.5 Å². The average molecular weight is 598 g/mol. The highest BCUT2D eigenvalue weighted by Crippen LogP contribution is 2.44. The molecule has 1 N–H and O–H groups in total. The van der Waals surface area contributed by atoms with Gasteiger partial charge in [-0.25, -0.2) is 4.57 Å². The van der Waals surface area contributed by atoms with Crippen LogP contribution in [0.3, 0.4) is 0 Å². The third-order valence-electron chi connectivity index (χ3n) is 7.24. The Bertz CT molecular complexity index is 816. The molecule has 0 saturated heterocycles. The minimum Gasteiger partial charge on any atom is -0.494 e. The molecule has 0 aromatic heterocycles. The monoisotopic (exact) mass is 597 g/mol. The molecule has 0 amide bonds. The molecule has 238 valence electrons. The van der Waals surface area contributed by atoms with E-state index in [2.05, 4.69) is 6.92 Å². The van der Waals surface area contributed by atoms with Crippen molar-refractivity contribution in [3.8, 4) is 5.75 Å². The molecular weight excluding hydrogens is 537 g/mol. The van der Waals surface area contributed by atoms with Crippen LogP contribution in [0.15, 0.2) is 24.3 Å². The Morgan fingerprint density at radius 1 is 0.805 bits per heavy atom. The molecule has 0 aliphatic rings. The summed E-state index contributed by atoms with van der Waals surface area (Å²) in [6, 6.07) is 7.94. The summed E-state index contributed by atoms with van der Waals surface area (Å²) >= 11 is 0. The largest absolute Gasteiger partial charge is 0.494 e. The first kappa shape index (κ1) is 37.8. The molecule has 41 heavy (non-hydrogen) atoms. The van der Waals surface area contributed by atoms with E-state index >= 15 is 0 Å². The summed E-state index contributed by atoms with van der Waals surface area (Å²) in [5, 5.41) is 0. The lowest BCUT2D eigenvalue weighted by molar-refractivity contribution is -0.120. The summed E-state index contributed by atoms with van der Waals surface area (Å²) in [6.45, 7) is 5.86. The quantitative estimate of drug-likeness (QED) is 0.0763.